The third kappa shape index (κ3) is 1.61. The molecule has 2 N–H and O–H groups in total. The van der Waals surface area contributed by atoms with E-state index in [2.05, 4.69) is 16.8 Å². The molecule has 0 saturated heterocycles. The predicted molar refractivity (Wildman–Crippen MR) is 55.7 cm³/mol. The van der Waals surface area contributed by atoms with Gasteiger partial charge in [0.05, 0.1) is 11.7 Å². The smallest absolute Gasteiger partial charge is 0.137 e. The fourth-order valence-electron chi connectivity index (χ4n) is 1.24. The second-order valence-electron chi connectivity index (χ2n) is 3.12. The van der Waals surface area contributed by atoms with Crippen LogP contribution in [0.1, 0.15) is 12.6 Å². The molecule has 0 bridgehead atoms. The Morgan fingerprint density at radius 1 is 1.50 bits per heavy atom. The monoisotopic (exact) mass is 185 g/mol. The minimum Gasteiger partial charge on any atom is -0.318 e. The molecule has 3 heteroatoms. The lowest BCUT2D eigenvalue weighted by Crippen LogP contribution is -2.11. The molecular weight excluding hydrogens is 174 g/mol. The third-order valence-electron chi connectivity index (χ3n) is 1.86. The van der Waals surface area contributed by atoms with Crippen LogP contribution in [0.4, 0.5) is 0 Å². The van der Waals surface area contributed by atoms with E-state index < -0.39 is 0 Å². The van der Waals surface area contributed by atoms with Crippen LogP contribution in [0.5, 0.6) is 0 Å². The Labute approximate surface area is 82.6 Å². The van der Waals surface area contributed by atoms with Crippen molar-refractivity contribution in [3.05, 3.63) is 36.3 Å². The second-order valence-corrected chi connectivity index (χ2v) is 3.12. The molecule has 2 rings (SSSR count). The van der Waals surface area contributed by atoms with E-state index in [1.165, 1.54) is 0 Å². The van der Waals surface area contributed by atoms with Crippen molar-refractivity contribution in [2.75, 3.05) is 0 Å². The van der Waals surface area contributed by atoms with Crippen molar-refractivity contribution in [1.29, 1.82) is 0 Å². The largest absolute Gasteiger partial charge is 0.318 e. The fraction of sp³-hybridized carbons (Fsp3) is 0.182. The molecule has 0 spiro atoms. The van der Waals surface area contributed by atoms with Gasteiger partial charge in [0, 0.05) is 12.4 Å². The minimum atomic E-state index is -0.103. The van der Waals surface area contributed by atoms with E-state index in [-0.39, 0.29) is 6.04 Å². The molecule has 0 aliphatic heterocycles. The highest BCUT2D eigenvalue weighted by atomic mass is 15.0. The number of pyridine rings is 1. The summed E-state index contributed by atoms with van der Waals surface area (Å²) in [6, 6.07) is 5.73. The predicted octanol–water partition coefficient (Wildman–Crippen LogP) is 1.03. The Morgan fingerprint density at radius 3 is 3.14 bits per heavy atom. The zero-order chi connectivity index (χ0) is 9.97. The number of nitrogens with zero attached hydrogens (tertiary/aromatic N) is 2. The van der Waals surface area contributed by atoms with Crippen LogP contribution in [0, 0.1) is 11.8 Å². The van der Waals surface area contributed by atoms with E-state index in [1.54, 1.807) is 6.20 Å². The molecule has 2 aromatic rings. The van der Waals surface area contributed by atoms with Crippen LogP contribution < -0.4 is 5.73 Å². The van der Waals surface area contributed by atoms with Crippen molar-refractivity contribution in [3.63, 3.8) is 0 Å². The van der Waals surface area contributed by atoms with E-state index in [9.17, 15) is 0 Å². The summed E-state index contributed by atoms with van der Waals surface area (Å²) in [7, 11) is 0. The van der Waals surface area contributed by atoms with Crippen molar-refractivity contribution in [1.82, 2.24) is 9.38 Å². The SMILES string of the molecule is CC(N)C#Cc1cccc2nccn12. The van der Waals surface area contributed by atoms with Crippen LogP contribution in [-0.4, -0.2) is 15.4 Å². The molecule has 0 radical (unpaired) electrons. The van der Waals surface area contributed by atoms with Gasteiger partial charge in [-0.2, -0.15) is 0 Å². The summed E-state index contributed by atoms with van der Waals surface area (Å²) in [5.74, 6) is 5.94. The Balaban J connectivity index is 2.53. The normalized spacial score (nSPS) is 12.1. The maximum absolute atomic E-state index is 5.56. The number of rotatable bonds is 0. The van der Waals surface area contributed by atoms with Crippen LogP contribution in [-0.2, 0) is 0 Å². The standard InChI is InChI=1S/C11H11N3/c1-9(12)5-6-10-3-2-4-11-13-7-8-14(10)11/h2-4,7-9H,12H2,1H3. The van der Waals surface area contributed by atoms with Crippen molar-refractivity contribution in [2.45, 2.75) is 13.0 Å². The topological polar surface area (TPSA) is 43.3 Å². The van der Waals surface area contributed by atoms with Crippen LogP contribution in [0.25, 0.3) is 5.65 Å². The fourth-order valence-corrected chi connectivity index (χ4v) is 1.24. The molecule has 0 fully saturated rings. The number of nitrogens with two attached hydrogens (primary N) is 1. The highest BCUT2D eigenvalue weighted by Crippen LogP contribution is 2.03. The first kappa shape index (κ1) is 8.79. The van der Waals surface area contributed by atoms with Crippen molar-refractivity contribution in [3.8, 4) is 11.8 Å². The lowest BCUT2D eigenvalue weighted by atomic mass is 10.3. The van der Waals surface area contributed by atoms with Gasteiger partial charge >= 0.3 is 0 Å². The Bertz CT molecular complexity index is 500. The molecule has 1 atom stereocenters. The Hall–Kier alpha value is -1.79. The number of fused-ring (bicyclic) bond motifs is 1. The van der Waals surface area contributed by atoms with Crippen LogP contribution in [0.3, 0.4) is 0 Å². The summed E-state index contributed by atoms with van der Waals surface area (Å²) in [4.78, 5) is 4.17. The number of hydrogen-bond acceptors (Lipinski definition) is 2. The molecule has 2 heterocycles. The third-order valence-corrected chi connectivity index (χ3v) is 1.86. The van der Waals surface area contributed by atoms with Gasteiger partial charge in [-0.05, 0) is 25.0 Å². The molecule has 0 saturated carbocycles. The van der Waals surface area contributed by atoms with Gasteiger partial charge in [-0.25, -0.2) is 4.98 Å². The maximum atomic E-state index is 5.56. The van der Waals surface area contributed by atoms with Gasteiger partial charge in [0.25, 0.3) is 0 Å². The lowest BCUT2D eigenvalue weighted by Gasteiger charge is -1.96. The quantitative estimate of drug-likeness (QED) is 0.623. The number of imidazole rings is 1. The Morgan fingerprint density at radius 2 is 2.36 bits per heavy atom. The first-order chi connectivity index (χ1) is 6.77. The van der Waals surface area contributed by atoms with Gasteiger partial charge in [-0.1, -0.05) is 12.0 Å². The summed E-state index contributed by atoms with van der Waals surface area (Å²) in [5.41, 5.74) is 7.38. The maximum Gasteiger partial charge on any atom is 0.137 e. The zero-order valence-corrected chi connectivity index (χ0v) is 7.94. The van der Waals surface area contributed by atoms with Crippen molar-refractivity contribution >= 4 is 5.65 Å². The molecule has 0 aliphatic carbocycles. The van der Waals surface area contributed by atoms with Crippen molar-refractivity contribution in [2.24, 2.45) is 5.73 Å². The van der Waals surface area contributed by atoms with Gasteiger partial charge < -0.3 is 5.73 Å². The molecule has 3 nitrogen and oxygen atoms in total. The van der Waals surface area contributed by atoms with Gasteiger partial charge in [-0.3, -0.25) is 4.40 Å². The van der Waals surface area contributed by atoms with E-state index >= 15 is 0 Å². The van der Waals surface area contributed by atoms with Gasteiger partial charge in [0.2, 0.25) is 0 Å². The van der Waals surface area contributed by atoms with Gasteiger partial charge in [0.1, 0.15) is 5.65 Å². The average Bonchev–Trinajstić information content (AvgIpc) is 2.62. The summed E-state index contributed by atoms with van der Waals surface area (Å²) >= 11 is 0. The molecule has 70 valence electrons. The zero-order valence-electron chi connectivity index (χ0n) is 7.94. The molecule has 0 amide bonds. The molecule has 14 heavy (non-hydrogen) atoms. The average molecular weight is 185 g/mol. The van der Waals surface area contributed by atoms with Gasteiger partial charge in [0.15, 0.2) is 0 Å². The first-order valence-electron chi connectivity index (χ1n) is 4.46. The molecule has 2 aromatic heterocycles. The minimum absolute atomic E-state index is 0.103. The summed E-state index contributed by atoms with van der Waals surface area (Å²) < 4.78 is 1.94. The van der Waals surface area contributed by atoms with Crippen molar-refractivity contribution < 1.29 is 0 Å². The van der Waals surface area contributed by atoms with Gasteiger partial charge in [-0.15, -0.1) is 0 Å². The Kier molecular flexibility index (Phi) is 2.21. The van der Waals surface area contributed by atoms with E-state index in [0.29, 0.717) is 0 Å². The highest BCUT2D eigenvalue weighted by molar-refractivity contribution is 5.44. The van der Waals surface area contributed by atoms with E-state index in [1.807, 2.05) is 35.7 Å². The summed E-state index contributed by atoms with van der Waals surface area (Å²) in [5, 5.41) is 0. The lowest BCUT2D eigenvalue weighted by molar-refractivity contribution is 0.958. The molecule has 0 aromatic carbocycles. The van der Waals surface area contributed by atoms with Crippen LogP contribution in [0.15, 0.2) is 30.6 Å². The first-order valence-corrected chi connectivity index (χ1v) is 4.46. The second kappa shape index (κ2) is 3.52. The highest BCUT2D eigenvalue weighted by Gasteiger charge is 1.96. The molecular formula is C11H11N3. The summed E-state index contributed by atoms with van der Waals surface area (Å²) in [6.07, 6.45) is 3.65. The number of hydrogen-bond donors (Lipinski definition) is 1. The molecule has 1 unspecified atom stereocenters. The summed E-state index contributed by atoms with van der Waals surface area (Å²) in [6.45, 7) is 1.86. The van der Waals surface area contributed by atoms with E-state index in [4.69, 9.17) is 5.73 Å². The molecule has 0 aliphatic rings. The van der Waals surface area contributed by atoms with Crippen LogP contribution >= 0.6 is 0 Å². The van der Waals surface area contributed by atoms with E-state index in [0.717, 1.165) is 11.3 Å². The number of aromatic nitrogens is 2. The van der Waals surface area contributed by atoms with Crippen LogP contribution in [0.2, 0.25) is 0 Å².